The van der Waals surface area contributed by atoms with E-state index in [1.807, 2.05) is 43.3 Å². The van der Waals surface area contributed by atoms with Gasteiger partial charge in [-0.3, -0.25) is 14.6 Å². The van der Waals surface area contributed by atoms with Crippen LogP contribution < -0.4 is 4.74 Å². The number of carbonyl (C=O) groups is 2. The number of thiocarbonyl (C=S) groups is 1. The summed E-state index contributed by atoms with van der Waals surface area (Å²) in [6, 6.07) is 16.4. The van der Waals surface area contributed by atoms with Crippen molar-refractivity contribution in [2.24, 2.45) is 0 Å². The summed E-state index contributed by atoms with van der Waals surface area (Å²) >= 11 is 6.82. The third-order valence-electron chi connectivity index (χ3n) is 7.51. The van der Waals surface area contributed by atoms with Crippen LogP contribution in [0.4, 0.5) is 0 Å². The number of rotatable bonds is 10. The molecule has 2 aliphatic heterocycles. The van der Waals surface area contributed by atoms with Crippen molar-refractivity contribution in [1.29, 1.82) is 0 Å². The Morgan fingerprint density at radius 1 is 1.11 bits per heavy atom. The number of aromatic amines is 1. The Bertz CT molecular complexity index is 1750. The number of carboxylic acid groups (broad SMARTS) is 1. The molecule has 0 radical (unpaired) electrons. The fraction of sp³-hybridized carbons (Fsp3) is 0.281. The van der Waals surface area contributed by atoms with Crippen LogP contribution in [0, 0.1) is 6.92 Å². The fourth-order valence-electron chi connectivity index (χ4n) is 5.13. The molecule has 10 nitrogen and oxygen atoms in total. The maximum absolute atomic E-state index is 13.4. The summed E-state index contributed by atoms with van der Waals surface area (Å²) in [6.07, 6.45) is 2.40. The average Bonchev–Trinajstić information content (AvgIpc) is 3.53. The van der Waals surface area contributed by atoms with E-state index in [2.05, 4.69) is 14.9 Å². The first-order chi connectivity index (χ1) is 21.3. The molecular weight excluding hydrogens is 599 g/mol. The number of nitrogens with one attached hydrogen (secondary N) is 1. The number of benzene rings is 2. The molecule has 44 heavy (non-hydrogen) atoms. The molecule has 0 aliphatic carbocycles. The third-order valence-corrected chi connectivity index (χ3v) is 8.89. The first kappa shape index (κ1) is 29.9. The molecule has 4 aromatic rings. The van der Waals surface area contributed by atoms with Crippen molar-refractivity contribution in [1.82, 2.24) is 24.8 Å². The first-order valence-corrected chi connectivity index (χ1v) is 15.5. The molecule has 1 amide bonds. The van der Waals surface area contributed by atoms with Crippen molar-refractivity contribution in [2.75, 3.05) is 46.0 Å². The number of carboxylic acids is 1. The number of hydrogen-bond acceptors (Lipinski definition) is 9. The molecule has 0 saturated carbocycles. The summed E-state index contributed by atoms with van der Waals surface area (Å²) in [6.45, 7) is 6.87. The second kappa shape index (κ2) is 13.3. The minimum Gasteiger partial charge on any atom is -0.492 e. The highest BCUT2D eigenvalue weighted by Crippen LogP contribution is 2.36. The van der Waals surface area contributed by atoms with E-state index in [0.29, 0.717) is 40.2 Å². The lowest BCUT2D eigenvalue weighted by Crippen LogP contribution is -2.38. The molecule has 2 saturated heterocycles. The van der Waals surface area contributed by atoms with Gasteiger partial charge < -0.3 is 19.6 Å². The largest absolute Gasteiger partial charge is 0.492 e. The van der Waals surface area contributed by atoms with E-state index >= 15 is 0 Å². The molecule has 2 fully saturated rings. The van der Waals surface area contributed by atoms with Crippen LogP contribution in [0.25, 0.3) is 28.5 Å². The van der Waals surface area contributed by atoms with Crippen molar-refractivity contribution in [2.45, 2.75) is 13.3 Å². The van der Waals surface area contributed by atoms with Crippen LogP contribution in [0.1, 0.15) is 27.3 Å². The minimum atomic E-state index is -0.970. The van der Waals surface area contributed by atoms with Crippen molar-refractivity contribution in [3.63, 3.8) is 0 Å². The number of thioether (sulfide) groups is 1. The lowest BCUT2D eigenvalue weighted by Gasteiger charge is -2.26. The average molecular weight is 630 g/mol. The highest BCUT2D eigenvalue weighted by molar-refractivity contribution is 8.26. The number of H-pyrrole nitrogens is 1. The third kappa shape index (κ3) is 6.83. The Morgan fingerprint density at radius 3 is 2.68 bits per heavy atom. The van der Waals surface area contributed by atoms with Crippen LogP contribution in [0.3, 0.4) is 0 Å². The van der Waals surface area contributed by atoms with E-state index in [4.69, 9.17) is 31.8 Å². The highest BCUT2D eigenvalue weighted by Gasteiger charge is 2.31. The Balaban J connectivity index is 1.21. The molecule has 0 spiro atoms. The van der Waals surface area contributed by atoms with Crippen molar-refractivity contribution < 1.29 is 24.2 Å². The molecule has 2 N–H and O–H groups in total. The van der Waals surface area contributed by atoms with Gasteiger partial charge in [-0.2, -0.15) is 0 Å². The van der Waals surface area contributed by atoms with Gasteiger partial charge in [-0.15, -0.1) is 0 Å². The van der Waals surface area contributed by atoms with Crippen LogP contribution in [0.5, 0.6) is 5.75 Å². The van der Waals surface area contributed by atoms with E-state index in [1.165, 1.54) is 11.8 Å². The maximum Gasteiger partial charge on any atom is 0.335 e. The number of carbonyl (C=O) groups excluding carboxylic acids is 1. The summed E-state index contributed by atoms with van der Waals surface area (Å²) in [4.78, 5) is 41.5. The van der Waals surface area contributed by atoms with Gasteiger partial charge in [-0.1, -0.05) is 42.2 Å². The predicted molar refractivity (Wildman–Crippen MR) is 174 cm³/mol. The smallest absolute Gasteiger partial charge is 0.335 e. The van der Waals surface area contributed by atoms with E-state index in [0.717, 1.165) is 66.6 Å². The zero-order valence-corrected chi connectivity index (χ0v) is 25.7. The Hall–Kier alpha value is -4.10. The predicted octanol–water partition coefficient (Wildman–Crippen LogP) is 4.79. The van der Waals surface area contributed by atoms with Crippen molar-refractivity contribution in [3.05, 3.63) is 82.0 Å². The number of morpholine rings is 1. The van der Waals surface area contributed by atoms with Crippen molar-refractivity contribution >= 4 is 57.4 Å². The summed E-state index contributed by atoms with van der Waals surface area (Å²) in [5.74, 6) is 0.374. The Kier molecular flexibility index (Phi) is 9.03. The zero-order chi connectivity index (χ0) is 30.6. The number of nitrogens with zero attached hydrogens (tertiary/aromatic N) is 4. The van der Waals surface area contributed by atoms with Crippen molar-refractivity contribution in [3.8, 4) is 17.0 Å². The SMILES string of the molecule is Cc1nc2nc(-c3cc(C=C4SC(=S)N(CCc5ccc(C(=O)O)cc5)C4=O)ccc3OCCN3CCOCC3)ccc2[nH]1. The van der Waals surface area contributed by atoms with Gasteiger partial charge in [0.1, 0.15) is 22.5 Å². The summed E-state index contributed by atoms with van der Waals surface area (Å²) in [7, 11) is 0. The number of aryl methyl sites for hydroxylation is 1. The number of ether oxygens (including phenoxy) is 2. The van der Waals surface area contributed by atoms with Crippen LogP contribution >= 0.6 is 24.0 Å². The van der Waals surface area contributed by atoms with E-state index in [9.17, 15) is 9.59 Å². The van der Waals surface area contributed by atoms with E-state index in [-0.39, 0.29) is 11.5 Å². The topological polar surface area (TPSA) is 121 Å². The zero-order valence-electron chi connectivity index (χ0n) is 24.1. The van der Waals surface area contributed by atoms with E-state index < -0.39 is 5.97 Å². The molecule has 0 atom stereocenters. The van der Waals surface area contributed by atoms with Gasteiger partial charge in [-0.25, -0.2) is 14.8 Å². The standard InChI is InChI=1S/C32H31N5O5S2/c1-20-33-26-8-7-25(35-29(26)34-20)24-18-22(4-9-27(24)42-17-14-36-12-15-41-16-13-36)19-28-30(38)37(32(43)44-28)11-10-21-2-5-23(6-3-21)31(39)40/h2-9,18-19H,10-17H2,1H3,(H,39,40)(H,33,34,35). The molecule has 4 heterocycles. The molecule has 226 valence electrons. The quantitative estimate of drug-likeness (QED) is 0.187. The number of pyridine rings is 1. The molecule has 12 heteroatoms. The van der Waals surface area contributed by atoms with E-state index in [1.54, 1.807) is 29.2 Å². The molecule has 2 aliphatic rings. The lowest BCUT2D eigenvalue weighted by atomic mass is 10.1. The molecular formula is C32H31N5O5S2. The van der Waals surface area contributed by atoms with Gasteiger partial charge in [0.15, 0.2) is 5.65 Å². The van der Waals surface area contributed by atoms with Gasteiger partial charge in [0.25, 0.3) is 5.91 Å². The number of fused-ring (bicyclic) bond motifs is 1. The second-order valence-corrected chi connectivity index (χ2v) is 12.2. The Labute approximate surface area is 264 Å². The number of aromatic nitrogens is 3. The fourth-order valence-corrected chi connectivity index (χ4v) is 6.44. The minimum absolute atomic E-state index is 0.152. The summed E-state index contributed by atoms with van der Waals surface area (Å²) < 4.78 is 12.2. The van der Waals surface area contributed by atoms with Gasteiger partial charge in [0, 0.05) is 31.7 Å². The van der Waals surface area contributed by atoms with Crippen LogP contribution in [0.2, 0.25) is 0 Å². The van der Waals surface area contributed by atoms with Crippen LogP contribution in [-0.2, 0) is 16.0 Å². The Morgan fingerprint density at radius 2 is 1.91 bits per heavy atom. The molecule has 2 aromatic heterocycles. The lowest BCUT2D eigenvalue weighted by molar-refractivity contribution is -0.122. The number of amides is 1. The monoisotopic (exact) mass is 629 g/mol. The van der Waals surface area contributed by atoms with Gasteiger partial charge in [-0.05, 0) is 66.9 Å². The summed E-state index contributed by atoms with van der Waals surface area (Å²) in [5.41, 5.74) is 5.00. The highest BCUT2D eigenvalue weighted by atomic mass is 32.2. The number of hydrogen-bond donors (Lipinski definition) is 2. The second-order valence-electron chi connectivity index (χ2n) is 10.5. The van der Waals surface area contributed by atoms with Crippen LogP contribution in [-0.4, -0.2) is 92.1 Å². The number of imidazole rings is 1. The van der Waals surface area contributed by atoms with Gasteiger partial charge >= 0.3 is 5.97 Å². The summed E-state index contributed by atoms with van der Waals surface area (Å²) in [5, 5.41) is 9.13. The number of aromatic carboxylic acids is 1. The van der Waals surface area contributed by atoms with Crippen LogP contribution in [0.15, 0.2) is 59.5 Å². The molecule has 2 aromatic carbocycles. The maximum atomic E-state index is 13.4. The molecule has 6 rings (SSSR count). The molecule has 0 bridgehead atoms. The first-order valence-electron chi connectivity index (χ1n) is 14.3. The van der Waals surface area contributed by atoms with Gasteiger partial charge in [0.05, 0.1) is 34.9 Å². The normalized spacial score (nSPS) is 16.8. The molecule has 0 unspecified atom stereocenters. The van der Waals surface area contributed by atoms with Gasteiger partial charge in [0.2, 0.25) is 0 Å².